The first kappa shape index (κ1) is 14.1. The molecule has 2 aromatic rings. The van der Waals surface area contributed by atoms with Gasteiger partial charge in [0.25, 0.3) is 0 Å². The van der Waals surface area contributed by atoms with Crippen LogP contribution in [0.1, 0.15) is 28.8 Å². The van der Waals surface area contributed by atoms with Gasteiger partial charge in [0.05, 0.1) is 5.01 Å². The SMILES string of the molecule is CCCNCc1cnc(Cc2cc(F)cc(F)c2)s1. The van der Waals surface area contributed by atoms with E-state index < -0.39 is 11.6 Å². The van der Waals surface area contributed by atoms with Crippen LogP contribution in [0.25, 0.3) is 0 Å². The number of benzene rings is 1. The molecule has 0 bridgehead atoms. The van der Waals surface area contributed by atoms with Crippen molar-refractivity contribution in [2.45, 2.75) is 26.3 Å². The molecule has 0 aliphatic heterocycles. The zero-order valence-electron chi connectivity index (χ0n) is 10.7. The maximum Gasteiger partial charge on any atom is 0.126 e. The van der Waals surface area contributed by atoms with E-state index in [2.05, 4.69) is 17.2 Å². The Morgan fingerprint density at radius 2 is 1.95 bits per heavy atom. The molecular weight excluding hydrogens is 266 g/mol. The molecule has 0 amide bonds. The van der Waals surface area contributed by atoms with Crippen molar-refractivity contribution in [1.82, 2.24) is 10.3 Å². The third-order valence-electron chi connectivity index (χ3n) is 2.61. The standard InChI is InChI=1S/C14H16F2N2S/c1-2-3-17-8-13-9-18-14(19-13)6-10-4-11(15)7-12(16)5-10/h4-5,7,9,17H,2-3,6,8H2,1H3. The van der Waals surface area contributed by atoms with E-state index in [0.717, 1.165) is 35.5 Å². The summed E-state index contributed by atoms with van der Waals surface area (Å²) in [6.07, 6.45) is 3.37. The molecule has 5 heteroatoms. The Labute approximate surface area is 115 Å². The topological polar surface area (TPSA) is 24.9 Å². The van der Waals surface area contributed by atoms with E-state index in [4.69, 9.17) is 0 Å². The van der Waals surface area contributed by atoms with Crippen molar-refractivity contribution in [3.8, 4) is 0 Å². The summed E-state index contributed by atoms with van der Waals surface area (Å²) in [4.78, 5) is 5.42. The third kappa shape index (κ3) is 4.36. The van der Waals surface area contributed by atoms with Gasteiger partial charge in [-0.1, -0.05) is 6.92 Å². The van der Waals surface area contributed by atoms with E-state index in [1.807, 2.05) is 6.20 Å². The molecule has 0 aliphatic rings. The number of hydrogen-bond acceptors (Lipinski definition) is 3. The Kier molecular flexibility index (Phi) is 4.99. The van der Waals surface area contributed by atoms with E-state index in [9.17, 15) is 8.78 Å². The maximum atomic E-state index is 13.1. The van der Waals surface area contributed by atoms with Gasteiger partial charge in [-0.25, -0.2) is 13.8 Å². The monoisotopic (exact) mass is 282 g/mol. The molecule has 0 radical (unpaired) electrons. The average Bonchev–Trinajstić information content (AvgIpc) is 2.76. The van der Waals surface area contributed by atoms with E-state index in [1.54, 1.807) is 11.3 Å². The third-order valence-corrected chi connectivity index (χ3v) is 3.60. The fourth-order valence-corrected chi connectivity index (χ4v) is 2.71. The predicted molar refractivity (Wildman–Crippen MR) is 73.3 cm³/mol. The number of rotatable bonds is 6. The molecule has 1 aromatic heterocycles. The number of thiazole rings is 1. The highest BCUT2D eigenvalue weighted by molar-refractivity contribution is 7.11. The van der Waals surface area contributed by atoms with Gasteiger partial charge >= 0.3 is 0 Å². The van der Waals surface area contributed by atoms with Crippen LogP contribution in [0.3, 0.4) is 0 Å². The lowest BCUT2D eigenvalue weighted by atomic mass is 10.1. The molecule has 1 heterocycles. The zero-order chi connectivity index (χ0) is 13.7. The molecule has 19 heavy (non-hydrogen) atoms. The van der Waals surface area contributed by atoms with Gasteiger partial charge in [0.1, 0.15) is 11.6 Å². The summed E-state index contributed by atoms with van der Waals surface area (Å²) in [6, 6.07) is 3.57. The summed E-state index contributed by atoms with van der Waals surface area (Å²) in [5.41, 5.74) is 0.611. The van der Waals surface area contributed by atoms with Gasteiger partial charge < -0.3 is 5.32 Å². The van der Waals surface area contributed by atoms with Gasteiger partial charge in [0.2, 0.25) is 0 Å². The van der Waals surface area contributed by atoms with Crippen LogP contribution in [-0.4, -0.2) is 11.5 Å². The zero-order valence-corrected chi connectivity index (χ0v) is 11.6. The molecule has 0 saturated carbocycles. The van der Waals surface area contributed by atoms with Crippen LogP contribution in [0.15, 0.2) is 24.4 Å². The molecule has 0 saturated heterocycles. The molecule has 0 fully saturated rings. The lowest BCUT2D eigenvalue weighted by molar-refractivity contribution is 0.580. The minimum Gasteiger partial charge on any atom is -0.312 e. The summed E-state index contributed by atoms with van der Waals surface area (Å²) in [5, 5.41) is 4.17. The molecule has 2 rings (SSSR count). The van der Waals surface area contributed by atoms with E-state index in [-0.39, 0.29) is 0 Å². The van der Waals surface area contributed by atoms with Gasteiger partial charge in [-0.2, -0.15) is 0 Å². The van der Waals surface area contributed by atoms with Crippen LogP contribution in [0.4, 0.5) is 8.78 Å². The fourth-order valence-electron chi connectivity index (χ4n) is 1.79. The van der Waals surface area contributed by atoms with Crippen molar-refractivity contribution in [2.75, 3.05) is 6.54 Å². The smallest absolute Gasteiger partial charge is 0.126 e. The Balaban J connectivity index is 1.99. The van der Waals surface area contributed by atoms with Crippen molar-refractivity contribution in [1.29, 1.82) is 0 Å². The molecule has 0 atom stereocenters. The highest BCUT2D eigenvalue weighted by atomic mass is 32.1. The van der Waals surface area contributed by atoms with Crippen LogP contribution < -0.4 is 5.32 Å². The quantitative estimate of drug-likeness (QED) is 0.820. The van der Waals surface area contributed by atoms with E-state index >= 15 is 0 Å². The van der Waals surface area contributed by atoms with Gasteiger partial charge in [0, 0.05) is 30.1 Å². The molecule has 0 aliphatic carbocycles. The molecule has 1 aromatic carbocycles. The highest BCUT2D eigenvalue weighted by Crippen LogP contribution is 2.18. The first-order valence-corrected chi connectivity index (χ1v) is 7.08. The molecule has 0 unspecified atom stereocenters. The second-order valence-corrected chi connectivity index (χ2v) is 5.55. The summed E-state index contributed by atoms with van der Waals surface area (Å²) < 4.78 is 26.1. The van der Waals surface area contributed by atoms with E-state index in [1.165, 1.54) is 12.1 Å². The second kappa shape index (κ2) is 6.73. The summed E-state index contributed by atoms with van der Waals surface area (Å²) in [7, 11) is 0. The van der Waals surface area contributed by atoms with Crippen LogP contribution in [0, 0.1) is 11.6 Å². The van der Waals surface area contributed by atoms with Crippen LogP contribution in [-0.2, 0) is 13.0 Å². The van der Waals surface area contributed by atoms with Gasteiger partial charge in [0.15, 0.2) is 0 Å². The molecular formula is C14H16F2N2S. The Morgan fingerprint density at radius 1 is 1.21 bits per heavy atom. The van der Waals surface area contributed by atoms with Crippen LogP contribution >= 0.6 is 11.3 Å². The van der Waals surface area contributed by atoms with E-state index in [0.29, 0.717) is 12.0 Å². The normalized spacial score (nSPS) is 10.9. The number of nitrogens with zero attached hydrogens (tertiary/aromatic N) is 1. The number of hydrogen-bond donors (Lipinski definition) is 1. The summed E-state index contributed by atoms with van der Waals surface area (Å²) in [5.74, 6) is -1.09. The molecule has 102 valence electrons. The minimum absolute atomic E-state index is 0.465. The first-order chi connectivity index (χ1) is 9.17. The predicted octanol–water partition coefficient (Wildman–Crippen LogP) is 3.51. The Morgan fingerprint density at radius 3 is 2.63 bits per heavy atom. The average molecular weight is 282 g/mol. The Bertz CT molecular complexity index is 520. The summed E-state index contributed by atoms with van der Waals surface area (Å²) in [6.45, 7) is 3.88. The van der Waals surface area contributed by atoms with Crippen molar-refractivity contribution in [3.05, 3.63) is 51.5 Å². The Hall–Kier alpha value is -1.33. The maximum absolute atomic E-state index is 13.1. The van der Waals surface area contributed by atoms with Gasteiger partial charge in [-0.15, -0.1) is 11.3 Å². The highest BCUT2D eigenvalue weighted by Gasteiger charge is 2.06. The largest absolute Gasteiger partial charge is 0.312 e. The fraction of sp³-hybridized carbons (Fsp3) is 0.357. The lowest BCUT2D eigenvalue weighted by Crippen LogP contribution is -2.12. The minimum atomic E-state index is -0.545. The van der Waals surface area contributed by atoms with Crippen molar-refractivity contribution in [2.24, 2.45) is 0 Å². The second-order valence-electron chi connectivity index (χ2n) is 4.35. The number of aromatic nitrogens is 1. The van der Waals surface area contributed by atoms with Crippen molar-refractivity contribution >= 4 is 11.3 Å². The van der Waals surface area contributed by atoms with Gasteiger partial charge in [-0.05, 0) is 30.7 Å². The lowest BCUT2D eigenvalue weighted by Gasteiger charge is -2.00. The molecule has 1 N–H and O–H groups in total. The van der Waals surface area contributed by atoms with Crippen molar-refractivity contribution < 1.29 is 8.78 Å². The van der Waals surface area contributed by atoms with Crippen LogP contribution in [0.2, 0.25) is 0 Å². The molecule has 2 nitrogen and oxygen atoms in total. The number of nitrogens with one attached hydrogen (secondary N) is 1. The summed E-state index contributed by atoms with van der Waals surface area (Å²) >= 11 is 1.57. The first-order valence-electron chi connectivity index (χ1n) is 6.26. The molecule has 0 spiro atoms. The number of halogens is 2. The van der Waals surface area contributed by atoms with Gasteiger partial charge in [-0.3, -0.25) is 0 Å². The van der Waals surface area contributed by atoms with Crippen LogP contribution in [0.5, 0.6) is 0 Å². The van der Waals surface area contributed by atoms with Crippen molar-refractivity contribution in [3.63, 3.8) is 0 Å².